The summed E-state index contributed by atoms with van der Waals surface area (Å²) < 4.78 is 5.48. The fourth-order valence-electron chi connectivity index (χ4n) is 2.46. The van der Waals surface area contributed by atoms with Crippen molar-refractivity contribution >= 4 is 28.8 Å². The topological polar surface area (TPSA) is 71.5 Å². The van der Waals surface area contributed by atoms with Crippen molar-refractivity contribution in [1.29, 1.82) is 0 Å². The number of aromatic nitrogens is 1. The number of nitrogens with zero attached hydrogens (tertiary/aromatic N) is 2. The van der Waals surface area contributed by atoms with Crippen molar-refractivity contribution in [2.75, 3.05) is 18.1 Å². The molecule has 2 amide bonds. The van der Waals surface area contributed by atoms with Crippen LogP contribution in [0.15, 0.2) is 29.1 Å². The standard InChI is InChI=1S/C17H19N3O3S/c1-3-11(2)19-16(21)7-20-14-6-12(13-9-24-10-18-13)4-5-15(14)23-8-17(20)22/h4-6,9-11H,3,7-8H2,1-2H3,(H,19,21). The Balaban J connectivity index is 1.87. The first-order valence-corrected chi connectivity index (χ1v) is 8.78. The Morgan fingerprint density at radius 2 is 2.33 bits per heavy atom. The van der Waals surface area contributed by atoms with Crippen molar-refractivity contribution in [1.82, 2.24) is 10.3 Å². The summed E-state index contributed by atoms with van der Waals surface area (Å²) in [7, 11) is 0. The molecule has 1 aromatic heterocycles. The minimum absolute atomic E-state index is 0.0138. The quantitative estimate of drug-likeness (QED) is 0.903. The summed E-state index contributed by atoms with van der Waals surface area (Å²) in [6.07, 6.45) is 0.841. The number of anilines is 1. The highest BCUT2D eigenvalue weighted by molar-refractivity contribution is 7.07. The van der Waals surface area contributed by atoms with Crippen LogP contribution in [0.2, 0.25) is 0 Å². The summed E-state index contributed by atoms with van der Waals surface area (Å²) in [6, 6.07) is 5.64. The molecule has 1 aliphatic heterocycles. The Labute approximate surface area is 144 Å². The first-order chi connectivity index (χ1) is 11.6. The summed E-state index contributed by atoms with van der Waals surface area (Å²) in [5.74, 6) is 0.201. The third-order valence-electron chi connectivity index (χ3n) is 3.95. The molecule has 0 radical (unpaired) electrons. The van der Waals surface area contributed by atoms with Gasteiger partial charge in [-0.05, 0) is 31.5 Å². The van der Waals surface area contributed by atoms with Crippen LogP contribution in [0.4, 0.5) is 5.69 Å². The molecule has 0 bridgehead atoms. The second-order valence-corrected chi connectivity index (χ2v) is 6.42. The molecule has 1 aromatic carbocycles. The van der Waals surface area contributed by atoms with Crippen LogP contribution in [0, 0.1) is 0 Å². The molecular formula is C17H19N3O3S. The average Bonchev–Trinajstić information content (AvgIpc) is 3.11. The van der Waals surface area contributed by atoms with Gasteiger partial charge in [-0.15, -0.1) is 11.3 Å². The van der Waals surface area contributed by atoms with E-state index >= 15 is 0 Å². The van der Waals surface area contributed by atoms with E-state index in [4.69, 9.17) is 4.74 Å². The molecule has 0 saturated carbocycles. The molecule has 1 unspecified atom stereocenters. The van der Waals surface area contributed by atoms with Crippen LogP contribution in [0.5, 0.6) is 5.75 Å². The lowest BCUT2D eigenvalue weighted by Gasteiger charge is -2.29. The Kier molecular flexibility index (Phi) is 4.80. The number of nitrogens with one attached hydrogen (secondary N) is 1. The normalized spacial score (nSPS) is 14.8. The summed E-state index contributed by atoms with van der Waals surface area (Å²) in [4.78, 5) is 30.2. The summed E-state index contributed by atoms with van der Waals surface area (Å²) in [5, 5.41) is 4.82. The molecular weight excluding hydrogens is 326 g/mol. The maximum Gasteiger partial charge on any atom is 0.265 e. The average molecular weight is 345 g/mol. The van der Waals surface area contributed by atoms with Crippen LogP contribution < -0.4 is 15.0 Å². The highest BCUT2D eigenvalue weighted by atomic mass is 32.1. The van der Waals surface area contributed by atoms with Crippen LogP contribution in [-0.2, 0) is 9.59 Å². The molecule has 24 heavy (non-hydrogen) atoms. The monoisotopic (exact) mass is 345 g/mol. The Hall–Kier alpha value is -2.41. The maximum atomic E-state index is 12.3. The van der Waals surface area contributed by atoms with Crippen molar-refractivity contribution in [3.8, 4) is 17.0 Å². The smallest absolute Gasteiger partial charge is 0.265 e. The molecule has 1 N–H and O–H groups in total. The molecule has 1 atom stereocenters. The highest BCUT2D eigenvalue weighted by Gasteiger charge is 2.28. The molecule has 7 heteroatoms. The molecule has 2 heterocycles. The fraction of sp³-hybridized carbons (Fsp3) is 0.353. The van der Waals surface area contributed by atoms with Crippen molar-refractivity contribution in [3.05, 3.63) is 29.1 Å². The molecule has 126 valence electrons. The van der Waals surface area contributed by atoms with Crippen LogP contribution >= 0.6 is 11.3 Å². The van der Waals surface area contributed by atoms with E-state index < -0.39 is 0 Å². The third kappa shape index (κ3) is 3.41. The first kappa shape index (κ1) is 16.4. The van der Waals surface area contributed by atoms with Crippen molar-refractivity contribution in [3.63, 3.8) is 0 Å². The number of amides is 2. The molecule has 6 nitrogen and oxygen atoms in total. The number of benzene rings is 1. The van der Waals surface area contributed by atoms with E-state index in [-0.39, 0.29) is 31.0 Å². The van der Waals surface area contributed by atoms with Gasteiger partial charge in [-0.3, -0.25) is 14.5 Å². The molecule has 1 aliphatic rings. The van der Waals surface area contributed by atoms with Gasteiger partial charge in [0.25, 0.3) is 5.91 Å². The Morgan fingerprint density at radius 3 is 3.04 bits per heavy atom. The minimum Gasteiger partial charge on any atom is -0.482 e. The molecule has 0 aliphatic carbocycles. The van der Waals surface area contributed by atoms with Crippen molar-refractivity contribution in [2.24, 2.45) is 0 Å². The Morgan fingerprint density at radius 1 is 1.50 bits per heavy atom. The van der Waals surface area contributed by atoms with Crippen molar-refractivity contribution in [2.45, 2.75) is 26.3 Å². The van der Waals surface area contributed by atoms with Gasteiger partial charge in [0.15, 0.2) is 6.61 Å². The zero-order valence-electron chi connectivity index (χ0n) is 13.6. The number of carbonyl (C=O) groups excluding carboxylic acids is 2. The lowest BCUT2D eigenvalue weighted by molar-refractivity contribution is -0.125. The van der Waals surface area contributed by atoms with Gasteiger partial charge >= 0.3 is 0 Å². The zero-order chi connectivity index (χ0) is 17.1. The van der Waals surface area contributed by atoms with Gasteiger partial charge in [-0.1, -0.05) is 6.92 Å². The number of thiazole rings is 1. The predicted molar refractivity (Wildman–Crippen MR) is 93.3 cm³/mol. The van der Waals surface area contributed by atoms with E-state index in [1.807, 2.05) is 37.4 Å². The SMILES string of the molecule is CCC(C)NC(=O)CN1C(=O)COc2ccc(-c3cscn3)cc21. The first-order valence-electron chi connectivity index (χ1n) is 7.83. The summed E-state index contributed by atoms with van der Waals surface area (Å²) in [6.45, 7) is 3.87. The highest BCUT2D eigenvalue weighted by Crippen LogP contribution is 2.35. The minimum atomic E-state index is -0.225. The van der Waals surface area contributed by atoms with Gasteiger partial charge < -0.3 is 10.1 Å². The van der Waals surface area contributed by atoms with E-state index in [1.54, 1.807) is 5.51 Å². The van der Waals surface area contributed by atoms with E-state index in [9.17, 15) is 9.59 Å². The van der Waals surface area contributed by atoms with E-state index in [0.717, 1.165) is 17.7 Å². The Bertz CT molecular complexity index is 746. The molecule has 0 spiro atoms. The maximum absolute atomic E-state index is 12.3. The molecule has 0 saturated heterocycles. The largest absolute Gasteiger partial charge is 0.482 e. The number of fused-ring (bicyclic) bond motifs is 1. The van der Waals surface area contributed by atoms with Gasteiger partial charge in [0, 0.05) is 17.0 Å². The van der Waals surface area contributed by atoms with Crippen LogP contribution in [0.3, 0.4) is 0 Å². The zero-order valence-corrected chi connectivity index (χ0v) is 14.4. The number of rotatable bonds is 5. The number of ether oxygens (including phenoxy) is 1. The van der Waals surface area contributed by atoms with Crippen LogP contribution in [-0.4, -0.2) is 36.0 Å². The van der Waals surface area contributed by atoms with Gasteiger partial charge in [-0.2, -0.15) is 0 Å². The molecule has 3 rings (SSSR count). The van der Waals surface area contributed by atoms with Crippen molar-refractivity contribution < 1.29 is 14.3 Å². The fourth-order valence-corrected chi connectivity index (χ4v) is 3.02. The number of hydrogen-bond donors (Lipinski definition) is 1. The summed E-state index contributed by atoms with van der Waals surface area (Å²) >= 11 is 1.51. The lowest BCUT2D eigenvalue weighted by atomic mass is 10.1. The van der Waals surface area contributed by atoms with E-state index in [1.165, 1.54) is 16.2 Å². The van der Waals surface area contributed by atoms with Crippen LogP contribution in [0.1, 0.15) is 20.3 Å². The second kappa shape index (κ2) is 7.00. The van der Waals surface area contributed by atoms with Gasteiger partial charge in [0.05, 0.1) is 16.9 Å². The molecule has 0 fully saturated rings. The van der Waals surface area contributed by atoms with Gasteiger partial charge in [0.1, 0.15) is 12.3 Å². The van der Waals surface area contributed by atoms with Gasteiger partial charge in [0.2, 0.25) is 5.91 Å². The van der Waals surface area contributed by atoms with Gasteiger partial charge in [-0.25, -0.2) is 4.98 Å². The van der Waals surface area contributed by atoms with Crippen LogP contribution in [0.25, 0.3) is 11.3 Å². The third-order valence-corrected chi connectivity index (χ3v) is 4.54. The molecule has 2 aromatic rings. The van der Waals surface area contributed by atoms with E-state index in [0.29, 0.717) is 11.4 Å². The summed E-state index contributed by atoms with van der Waals surface area (Å²) in [5.41, 5.74) is 4.09. The lowest BCUT2D eigenvalue weighted by Crippen LogP contribution is -2.46. The van der Waals surface area contributed by atoms with E-state index in [2.05, 4.69) is 10.3 Å². The number of carbonyl (C=O) groups is 2. The second-order valence-electron chi connectivity index (χ2n) is 5.70. The predicted octanol–water partition coefficient (Wildman–Crippen LogP) is 2.45. The number of hydrogen-bond acceptors (Lipinski definition) is 5.